The summed E-state index contributed by atoms with van der Waals surface area (Å²) in [7, 11) is 0. The van der Waals surface area contributed by atoms with Crippen LogP contribution in [0.1, 0.15) is 29.0 Å². The first-order valence-corrected chi connectivity index (χ1v) is 11.1. The Morgan fingerprint density at radius 1 is 0.938 bits per heavy atom. The predicted molar refractivity (Wildman–Crippen MR) is 123 cm³/mol. The lowest BCUT2D eigenvalue weighted by Gasteiger charge is -2.25. The zero-order valence-electron chi connectivity index (χ0n) is 17.3. The van der Waals surface area contributed by atoms with Gasteiger partial charge in [0.05, 0.1) is 0 Å². The third kappa shape index (κ3) is 3.78. The summed E-state index contributed by atoms with van der Waals surface area (Å²) < 4.78 is 0. The van der Waals surface area contributed by atoms with Crippen molar-refractivity contribution < 1.29 is 14.7 Å². The summed E-state index contributed by atoms with van der Waals surface area (Å²) in [6.07, 6.45) is -1.04. The highest BCUT2D eigenvalue weighted by molar-refractivity contribution is 6.30. The number of aliphatic hydroxyl groups excluding tert-OH is 1. The van der Waals surface area contributed by atoms with Gasteiger partial charge in [0.2, 0.25) is 5.91 Å². The molecule has 2 heterocycles. The molecule has 0 unspecified atom stereocenters. The first kappa shape index (κ1) is 20.7. The number of amides is 1. The Labute approximate surface area is 191 Å². The number of nitrogens with zero attached hydrogens (tertiary/aromatic N) is 2. The molecule has 1 fully saturated rings. The molecule has 3 atom stereocenters. The summed E-state index contributed by atoms with van der Waals surface area (Å²) in [5, 5.41) is 15.6. The van der Waals surface area contributed by atoms with Crippen molar-refractivity contribution in [1.29, 1.82) is 0 Å². The molecule has 5 rings (SSSR count). The number of likely N-dealkylation sites (tertiary alicyclic amines) is 1. The molecule has 0 spiro atoms. The van der Waals surface area contributed by atoms with E-state index in [1.807, 2.05) is 48.5 Å². The van der Waals surface area contributed by atoms with E-state index in [0.29, 0.717) is 23.7 Å². The summed E-state index contributed by atoms with van der Waals surface area (Å²) in [5.74, 6) is -0.658. The number of oxime groups is 1. The molecule has 1 amide bonds. The molecule has 0 aromatic heterocycles. The maximum absolute atomic E-state index is 13.3. The van der Waals surface area contributed by atoms with E-state index in [1.165, 1.54) is 16.0 Å². The van der Waals surface area contributed by atoms with Crippen molar-refractivity contribution in [3.8, 4) is 0 Å². The smallest absolute Gasteiger partial charge is 0.238 e. The molecule has 32 heavy (non-hydrogen) atoms. The zero-order chi connectivity index (χ0) is 22.1. The zero-order valence-corrected chi connectivity index (χ0v) is 18.1. The number of fused-ring (bicyclic) bond motifs is 1. The van der Waals surface area contributed by atoms with Crippen molar-refractivity contribution in [2.24, 2.45) is 11.1 Å². The van der Waals surface area contributed by atoms with Crippen LogP contribution in [0.4, 0.5) is 0 Å². The van der Waals surface area contributed by atoms with Crippen LogP contribution in [-0.4, -0.2) is 40.5 Å². The van der Waals surface area contributed by atoms with Gasteiger partial charge in [0.15, 0.2) is 12.3 Å². The minimum absolute atomic E-state index is 0.114. The Morgan fingerprint density at radius 3 is 2.12 bits per heavy atom. The van der Waals surface area contributed by atoms with Gasteiger partial charge in [0.25, 0.3) is 0 Å². The van der Waals surface area contributed by atoms with Gasteiger partial charge in [-0.05, 0) is 29.7 Å². The highest BCUT2D eigenvalue weighted by Gasteiger charge is 2.55. The lowest BCUT2D eigenvalue weighted by Crippen LogP contribution is -2.38. The van der Waals surface area contributed by atoms with Gasteiger partial charge in [-0.2, -0.15) is 0 Å². The van der Waals surface area contributed by atoms with Gasteiger partial charge in [-0.15, -0.1) is 0 Å². The Bertz CT molecular complexity index is 1080. The normalized spacial score (nSPS) is 22.1. The van der Waals surface area contributed by atoms with Crippen LogP contribution in [-0.2, 0) is 9.63 Å². The van der Waals surface area contributed by atoms with Crippen molar-refractivity contribution in [2.75, 3.05) is 6.54 Å². The van der Waals surface area contributed by atoms with Gasteiger partial charge in [-0.25, -0.2) is 0 Å². The Morgan fingerprint density at radius 2 is 1.53 bits per heavy atom. The van der Waals surface area contributed by atoms with Crippen LogP contribution in [0.5, 0.6) is 0 Å². The molecule has 2 aliphatic rings. The van der Waals surface area contributed by atoms with Gasteiger partial charge < -0.3 is 14.8 Å². The molecular weight excluding hydrogens is 424 g/mol. The third-order valence-corrected chi connectivity index (χ3v) is 6.51. The van der Waals surface area contributed by atoms with Gasteiger partial charge in [-0.3, -0.25) is 4.79 Å². The molecule has 1 saturated heterocycles. The Balaban J connectivity index is 1.36. The van der Waals surface area contributed by atoms with Gasteiger partial charge in [0, 0.05) is 23.0 Å². The Kier molecular flexibility index (Phi) is 5.68. The fraction of sp³-hybridized carbons (Fsp3) is 0.231. The van der Waals surface area contributed by atoms with E-state index >= 15 is 0 Å². The second-order valence-corrected chi connectivity index (χ2v) is 8.58. The SMILES string of the molecule is O=C1[C@@H]2C(c3ccc(Cl)cc3)=NO[C@@H]2[C@@H](O)N1CCC(c1ccccc1)c1ccccc1. The van der Waals surface area contributed by atoms with Gasteiger partial charge in [0.1, 0.15) is 11.6 Å². The number of hydrogen-bond donors (Lipinski definition) is 1. The maximum atomic E-state index is 13.3. The highest BCUT2D eigenvalue weighted by Crippen LogP contribution is 2.36. The first-order chi connectivity index (χ1) is 15.6. The van der Waals surface area contributed by atoms with Crippen molar-refractivity contribution in [3.63, 3.8) is 0 Å². The molecular formula is C26H23ClN2O3. The van der Waals surface area contributed by atoms with Crippen LogP contribution in [0.25, 0.3) is 0 Å². The second kappa shape index (κ2) is 8.77. The monoisotopic (exact) mass is 446 g/mol. The fourth-order valence-electron chi connectivity index (χ4n) is 4.62. The van der Waals surface area contributed by atoms with Crippen molar-refractivity contribution in [1.82, 2.24) is 4.90 Å². The number of aliphatic hydroxyl groups is 1. The lowest BCUT2D eigenvalue weighted by molar-refractivity contribution is -0.135. The number of carbonyl (C=O) groups is 1. The van der Waals surface area contributed by atoms with Crippen molar-refractivity contribution in [2.45, 2.75) is 24.7 Å². The van der Waals surface area contributed by atoms with Crippen molar-refractivity contribution in [3.05, 3.63) is 107 Å². The average Bonchev–Trinajstić information content (AvgIpc) is 3.37. The van der Waals surface area contributed by atoms with E-state index in [0.717, 1.165) is 5.56 Å². The summed E-state index contributed by atoms with van der Waals surface area (Å²) >= 11 is 5.99. The van der Waals surface area contributed by atoms with Gasteiger partial charge >= 0.3 is 0 Å². The second-order valence-electron chi connectivity index (χ2n) is 8.14. The molecule has 2 aliphatic heterocycles. The van der Waals surface area contributed by atoms with E-state index in [2.05, 4.69) is 29.4 Å². The number of benzene rings is 3. The third-order valence-electron chi connectivity index (χ3n) is 6.26. The minimum atomic E-state index is -1.03. The average molecular weight is 447 g/mol. The van der Waals surface area contributed by atoms with Gasteiger partial charge in [-0.1, -0.05) is 89.6 Å². The maximum Gasteiger partial charge on any atom is 0.238 e. The minimum Gasteiger partial charge on any atom is -0.386 e. The summed E-state index contributed by atoms with van der Waals surface area (Å²) in [5.41, 5.74) is 3.68. The Hall–Kier alpha value is -3.15. The van der Waals surface area contributed by atoms with E-state index < -0.39 is 18.2 Å². The van der Waals surface area contributed by atoms with E-state index in [-0.39, 0.29) is 11.8 Å². The molecule has 3 aromatic carbocycles. The standard InChI is InChI=1S/C26H23ClN2O3/c27-20-13-11-19(12-14-20)23-22-24(32-28-23)26(31)29(25(22)30)16-15-21(17-7-3-1-4-8-17)18-9-5-2-6-10-18/h1-14,21-22,24,26,31H,15-16H2/t22-,24+,26-/m1/s1. The number of hydrogen-bond acceptors (Lipinski definition) is 4. The molecule has 1 N–H and O–H groups in total. The molecule has 5 nitrogen and oxygen atoms in total. The molecule has 0 bridgehead atoms. The quantitative estimate of drug-likeness (QED) is 0.608. The summed E-state index contributed by atoms with van der Waals surface area (Å²) in [4.78, 5) is 20.3. The molecule has 0 radical (unpaired) electrons. The van der Waals surface area contributed by atoms with Crippen LogP contribution in [0.2, 0.25) is 5.02 Å². The topological polar surface area (TPSA) is 62.1 Å². The van der Waals surface area contributed by atoms with E-state index in [4.69, 9.17) is 16.4 Å². The molecule has 3 aromatic rings. The van der Waals surface area contributed by atoms with Crippen LogP contribution in [0, 0.1) is 5.92 Å². The number of carbonyl (C=O) groups excluding carboxylic acids is 1. The molecule has 162 valence electrons. The first-order valence-electron chi connectivity index (χ1n) is 10.7. The largest absolute Gasteiger partial charge is 0.386 e. The summed E-state index contributed by atoms with van der Waals surface area (Å²) in [6.45, 7) is 0.415. The van der Waals surface area contributed by atoms with E-state index in [1.54, 1.807) is 12.1 Å². The molecule has 6 heteroatoms. The van der Waals surface area contributed by atoms with Crippen LogP contribution >= 0.6 is 11.6 Å². The van der Waals surface area contributed by atoms with Crippen LogP contribution in [0.15, 0.2) is 90.1 Å². The summed E-state index contributed by atoms with van der Waals surface area (Å²) in [6, 6.07) is 27.6. The molecule has 0 aliphatic carbocycles. The van der Waals surface area contributed by atoms with Crippen molar-refractivity contribution >= 4 is 23.2 Å². The predicted octanol–water partition coefficient (Wildman–Crippen LogP) is 4.44. The van der Waals surface area contributed by atoms with E-state index in [9.17, 15) is 9.90 Å². The van der Waals surface area contributed by atoms with Crippen LogP contribution < -0.4 is 0 Å². The van der Waals surface area contributed by atoms with Crippen LogP contribution in [0.3, 0.4) is 0 Å². The molecule has 0 saturated carbocycles. The number of rotatable bonds is 6. The lowest BCUT2D eigenvalue weighted by atomic mass is 9.88. The fourth-order valence-corrected chi connectivity index (χ4v) is 4.75. The highest BCUT2D eigenvalue weighted by atomic mass is 35.5. The number of halogens is 1.